The molecule has 0 aromatic carbocycles. The van der Waals surface area contributed by atoms with Crippen molar-refractivity contribution in [3.63, 3.8) is 0 Å². The van der Waals surface area contributed by atoms with Crippen LogP contribution < -0.4 is 5.32 Å². The Morgan fingerprint density at radius 2 is 2.11 bits per heavy atom. The molecule has 1 saturated heterocycles. The predicted molar refractivity (Wildman–Crippen MR) is 75.1 cm³/mol. The Balaban J connectivity index is 1.81. The van der Waals surface area contributed by atoms with Crippen molar-refractivity contribution in [1.82, 2.24) is 15.1 Å². The van der Waals surface area contributed by atoms with E-state index < -0.39 is 0 Å². The van der Waals surface area contributed by atoms with Gasteiger partial charge >= 0.3 is 0 Å². The maximum atomic E-state index is 12.3. The lowest BCUT2D eigenvalue weighted by molar-refractivity contribution is -0.133. The number of nitrogens with one attached hydrogen (secondary N) is 1. The van der Waals surface area contributed by atoms with Gasteiger partial charge in [0, 0.05) is 38.1 Å². The van der Waals surface area contributed by atoms with Crippen molar-refractivity contribution in [2.75, 3.05) is 47.4 Å². The van der Waals surface area contributed by atoms with E-state index in [-0.39, 0.29) is 17.5 Å². The van der Waals surface area contributed by atoms with E-state index >= 15 is 0 Å². The number of rotatable bonds is 5. The number of morpholine rings is 1. The zero-order valence-corrected chi connectivity index (χ0v) is 12.4. The molecule has 0 spiro atoms. The zero-order valence-electron chi connectivity index (χ0n) is 12.4. The zero-order chi connectivity index (χ0) is 13.9. The molecule has 1 heterocycles. The molecule has 1 N–H and O–H groups in total. The van der Waals surface area contributed by atoms with E-state index in [4.69, 9.17) is 4.74 Å². The molecule has 1 saturated carbocycles. The van der Waals surface area contributed by atoms with E-state index in [9.17, 15) is 4.79 Å². The molecule has 5 heteroatoms. The van der Waals surface area contributed by atoms with Crippen LogP contribution >= 0.6 is 0 Å². The molecule has 0 aromatic heterocycles. The van der Waals surface area contributed by atoms with Crippen molar-refractivity contribution in [3.8, 4) is 0 Å². The van der Waals surface area contributed by atoms with Crippen LogP contribution in [-0.4, -0.2) is 74.7 Å². The van der Waals surface area contributed by atoms with Gasteiger partial charge in [0.2, 0.25) is 5.91 Å². The molecule has 0 radical (unpaired) electrons. The molecule has 2 fully saturated rings. The summed E-state index contributed by atoms with van der Waals surface area (Å²) in [7, 11) is 6.16. The Morgan fingerprint density at radius 1 is 1.37 bits per heavy atom. The molecule has 5 nitrogen and oxygen atoms in total. The number of ether oxygens (including phenoxy) is 1. The van der Waals surface area contributed by atoms with Gasteiger partial charge in [-0.1, -0.05) is 0 Å². The van der Waals surface area contributed by atoms with Crippen LogP contribution in [0, 0.1) is 0 Å². The smallest absolute Gasteiger partial charge is 0.224 e. The quantitative estimate of drug-likeness (QED) is 0.780. The monoisotopic (exact) mass is 269 g/mol. The summed E-state index contributed by atoms with van der Waals surface area (Å²) in [4.78, 5) is 16.4. The predicted octanol–water partition coefficient (Wildman–Crippen LogP) is 0.308. The molecule has 19 heavy (non-hydrogen) atoms. The number of carbonyl (C=O) groups is 1. The summed E-state index contributed by atoms with van der Waals surface area (Å²) in [6, 6.07) is 0.181. The van der Waals surface area contributed by atoms with Gasteiger partial charge in [0.25, 0.3) is 0 Å². The number of nitrogens with zero attached hydrogens (tertiary/aromatic N) is 2. The molecule has 0 aromatic rings. The molecule has 110 valence electrons. The Hall–Kier alpha value is -0.650. The van der Waals surface area contributed by atoms with Gasteiger partial charge in [0.05, 0.1) is 13.2 Å². The third kappa shape index (κ3) is 3.46. The lowest BCUT2D eigenvalue weighted by Crippen LogP contribution is -2.58. The van der Waals surface area contributed by atoms with Gasteiger partial charge < -0.3 is 19.9 Å². The second kappa shape index (κ2) is 6.20. The Bertz CT molecular complexity index is 310. The lowest BCUT2D eigenvalue weighted by atomic mass is 9.75. The molecular weight excluding hydrogens is 242 g/mol. The van der Waals surface area contributed by atoms with Gasteiger partial charge in [-0.05, 0) is 33.4 Å². The van der Waals surface area contributed by atoms with Crippen LogP contribution in [0.5, 0.6) is 0 Å². The van der Waals surface area contributed by atoms with Gasteiger partial charge in [0.1, 0.15) is 0 Å². The second-order valence-corrected chi connectivity index (χ2v) is 6.15. The highest BCUT2D eigenvalue weighted by Gasteiger charge is 2.40. The summed E-state index contributed by atoms with van der Waals surface area (Å²) >= 11 is 0. The summed E-state index contributed by atoms with van der Waals surface area (Å²) in [5.74, 6) is 0.219. The first-order valence-electron chi connectivity index (χ1n) is 7.26. The summed E-state index contributed by atoms with van der Waals surface area (Å²) in [5, 5.41) is 3.34. The Kier molecular flexibility index (Phi) is 4.81. The maximum Gasteiger partial charge on any atom is 0.224 e. The van der Waals surface area contributed by atoms with Crippen LogP contribution in [0.2, 0.25) is 0 Å². The molecule has 0 bridgehead atoms. The third-order valence-corrected chi connectivity index (χ3v) is 4.61. The van der Waals surface area contributed by atoms with Crippen molar-refractivity contribution in [2.45, 2.75) is 37.3 Å². The van der Waals surface area contributed by atoms with E-state index in [0.717, 1.165) is 19.7 Å². The van der Waals surface area contributed by atoms with Crippen molar-refractivity contribution >= 4 is 5.91 Å². The molecule has 2 aliphatic rings. The average Bonchev–Trinajstić information content (AvgIpc) is 2.34. The highest BCUT2D eigenvalue weighted by Crippen LogP contribution is 2.36. The molecule has 2 rings (SSSR count). The minimum absolute atomic E-state index is 0.181. The first-order valence-corrected chi connectivity index (χ1v) is 7.26. The largest absolute Gasteiger partial charge is 0.378 e. The summed E-state index contributed by atoms with van der Waals surface area (Å²) in [6.45, 7) is 3.10. The van der Waals surface area contributed by atoms with Crippen molar-refractivity contribution in [3.05, 3.63) is 0 Å². The van der Waals surface area contributed by atoms with Gasteiger partial charge in [-0.2, -0.15) is 0 Å². The number of hydrogen-bond acceptors (Lipinski definition) is 4. The topological polar surface area (TPSA) is 44.8 Å². The van der Waals surface area contributed by atoms with Crippen LogP contribution in [0.3, 0.4) is 0 Å². The van der Waals surface area contributed by atoms with Gasteiger partial charge in [0.15, 0.2) is 0 Å². The maximum absolute atomic E-state index is 12.3. The fraction of sp³-hybridized carbons (Fsp3) is 0.929. The summed E-state index contributed by atoms with van der Waals surface area (Å²) in [5.41, 5.74) is 0.209. The summed E-state index contributed by atoms with van der Waals surface area (Å²) < 4.78 is 5.39. The van der Waals surface area contributed by atoms with Crippen LogP contribution in [-0.2, 0) is 9.53 Å². The highest BCUT2D eigenvalue weighted by atomic mass is 16.5. The van der Waals surface area contributed by atoms with E-state index in [2.05, 4.69) is 24.3 Å². The number of likely N-dealkylation sites (N-methyl/N-ethyl adjacent to an activating group) is 2. The van der Waals surface area contributed by atoms with Crippen LogP contribution in [0.4, 0.5) is 0 Å². The van der Waals surface area contributed by atoms with Crippen LogP contribution in [0.1, 0.15) is 25.7 Å². The fourth-order valence-corrected chi connectivity index (χ4v) is 2.98. The van der Waals surface area contributed by atoms with E-state index in [0.29, 0.717) is 13.0 Å². The fourth-order valence-electron chi connectivity index (χ4n) is 2.98. The molecule has 1 unspecified atom stereocenters. The molecule has 1 amide bonds. The second-order valence-electron chi connectivity index (χ2n) is 6.15. The van der Waals surface area contributed by atoms with Crippen molar-refractivity contribution < 1.29 is 9.53 Å². The first-order chi connectivity index (χ1) is 9.03. The number of hydrogen-bond donors (Lipinski definition) is 1. The third-order valence-electron chi connectivity index (χ3n) is 4.61. The summed E-state index contributed by atoms with van der Waals surface area (Å²) in [6.07, 6.45) is 4.21. The van der Waals surface area contributed by atoms with Crippen molar-refractivity contribution in [1.29, 1.82) is 0 Å². The van der Waals surface area contributed by atoms with E-state index in [1.807, 2.05) is 11.9 Å². The molecule has 1 aliphatic carbocycles. The van der Waals surface area contributed by atoms with E-state index in [1.165, 1.54) is 19.3 Å². The normalized spacial score (nSPS) is 26.0. The Labute approximate surface area is 116 Å². The van der Waals surface area contributed by atoms with Gasteiger partial charge in [-0.25, -0.2) is 0 Å². The first kappa shape index (κ1) is 14.8. The standard InChI is InChI=1S/C14H27N3O2/c1-16(2)14(5-4-6-14)11-17(3)13(18)9-12-10-19-8-7-15-12/h12,15H,4-11H2,1-3H3. The number of amides is 1. The van der Waals surface area contributed by atoms with Crippen LogP contribution in [0.25, 0.3) is 0 Å². The SMILES string of the molecule is CN(CC1(N(C)C)CCC1)C(=O)CC1COCCN1. The number of carbonyl (C=O) groups excluding carboxylic acids is 1. The minimum atomic E-state index is 0.181. The lowest BCUT2D eigenvalue weighted by Gasteiger charge is -2.49. The molecular formula is C14H27N3O2. The molecule has 1 atom stereocenters. The van der Waals surface area contributed by atoms with Gasteiger partial charge in [-0.3, -0.25) is 4.79 Å². The Morgan fingerprint density at radius 3 is 2.58 bits per heavy atom. The molecule has 1 aliphatic heterocycles. The van der Waals surface area contributed by atoms with Crippen LogP contribution in [0.15, 0.2) is 0 Å². The van der Waals surface area contributed by atoms with Crippen molar-refractivity contribution in [2.24, 2.45) is 0 Å². The average molecular weight is 269 g/mol. The van der Waals surface area contributed by atoms with E-state index in [1.54, 1.807) is 0 Å². The highest BCUT2D eigenvalue weighted by molar-refractivity contribution is 5.76. The van der Waals surface area contributed by atoms with Gasteiger partial charge in [-0.15, -0.1) is 0 Å². The minimum Gasteiger partial charge on any atom is -0.378 e.